The fraction of sp³-hybridized carbons (Fsp3) is 1.00. The molecule has 0 aliphatic rings. The molecule has 0 aliphatic carbocycles. The Balaban J connectivity index is 4.83. The van der Waals surface area contributed by atoms with Gasteiger partial charge in [-0.15, -0.1) is 0 Å². The lowest BCUT2D eigenvalue weighted by Gasteiger charge is -2.40. The molecule has 2 atom stereocenters. The first-order chi connectivity index (χ1) is 9.09. The second kappa shape index (κ2) is 9.01. The van der Waals surface area contributed by atoms with Gasteiger partial charge in [-0.2, -0.15) is 0 Å². The van der Waals surface area contributed by atoms with Crippen LogP contribution in [0.4, 0.5) is 0 Å². The molecule has 122 valence electrons. The van der Waals surface area contributed by atoms with Gasteiger partial charge in [-0.3, -0.25) is 4.90 Å². The predicted molar refractivity (Wildman–Crippen MR) is 88.8 cm³/mol. The molecule has 0 saturated carbocycles. The number of hydrogen-bond donors (Lipinski definition) is 2. The Kier molecular flexibility index (Phi) is 8.96. The van der Waals surface area contributed by atoms with Gasteiger partial charge in [-0.05, 0) is 43.2 Å². The zero-order valence-electron chi connectivity index (χ0n) is 14.8. The van der Waals surface area contributed by atoms with Crippen LogP contribution >= 0.6 is 0 Å². The molecule has 0 aliphatic heterocycles. The van der Waals surface area contributed by atoms with Gasteiger partial charge in [0.2, 0.25) is 0 Å². The summed E-state index contributed by atoms with van der Waals surface area (Å²) in [5, 5.41) is 9.84. The lowest BCUT2D eigenvalue weighted by atomic mass is 9.82. The highest BCUT2D eigenvalue weighted by Gasteiger charge is 2.32. The maximum Gasteiger partial charge on any atom is 0.0602 e. The number of aliphatic hydroxyl groups excluding tert-OH is 1. The maximum atomic E-state index is 9.84. The van der Waals surface area contributed by atoms with E-state index >= 15 is 0 Å². The Labute approximate surface area is 126 Å². The van der Waals surface area contributed by atoms with E-state index in [0.29, 0.717) is 11.8 Å². The van der Waals surface area contributed by atoms with Gasteiger partial charge in [0.05, 0.1) is 6.61 Å². The van der Waals surface area contributed by atoms with E-state index in [4.69, 9.17) is 5.73 Å². The molecule has 0 aromatic carbocycles. The van der Waals surface area contributed by atoms with Gasteiger partial charge in [0.25, 0.3) is 0 Å². The van der Waals surface area contributed by atoms with Crippen LogP contribution in [0.15, 0.2) is 0 Å². The Hall–Kier alpha value is -0.120. The van der Waals surface area contributed by atoms with Gasteiger partial charge >= 0.3 is 0 Å². The Morgan fingerprint density at radius 3 is 1.60 bits per heavy atom. The topological polar surface area (TPSA) is 49.5 Å². The van der Waals surface area contributed by atoms with Crippen molar-refractivity contribution in [3.05, 3.63) is 0 Å². The van der Waals surface area contributed by atoms with Crippen molar-refractivity contribution in [1.29, 1.82) is 0 Å². The van der Waals surface area contributed by atoms with Crippen LogP contribution in [0.3, 0.4) is 0 Å². The highest BCUT2D eigenvalue weighted by molar-refractivity contribution is 4.90. The second-order valence-corrected chi connectivity index (χ2v) is 8.04. The van der Waals surface area contributed by atoms with Crippen LogP contribution in [0.1, 0.15) is 61.3 Å². The molecule has 0 rings (SSSR count). The summed E-state index contributed by atoms with van der Waals surface area (Å²) in [5.41, 5.74) is 6.43. The minimum absolute atomic E-state index is 0.00757. The number of hydrogen-bond acceptors (Lipinski definition) is 3. The number of aliphatic hydroxyl groups is 1. The normalized spacial score (nSPS) is 16.2. The first-order valence-electron chi connectivity index (χ1n) is 8.20. The highest BCUT2D eigenvalue weighted by Crippen LogP contribution is 2.23. The first kappa shape index (κ1) is 19.9. The summed E-state index contributed by atoms with van der Waals surface area (Å²) in [6.07, 6.45) is 2.32. The van der Waals surface area contributed by atoms with Gasteiger partial charge < -0.3 is 10.8 Å². The van der Waals surface area contributed by atoms with E-state index in [1.807, 2.05) is 0 Å². The molecule has 0 radical (unpaired) electrons. The molecule has 0 heterocycles. The molecule has 0 spiro atoms. The van der Waals surface area contributed by atoms with E-state index in [9.17, 15) is 5.11 Å². The van der Waals surface area contributed by atoms with E-state index in [0.717, 1.165) is 25.9 Å². The summed E-state index contributed by atoms with van der Waals surface area (Å²) in [5.74, 6) is 1.36. The molecular formula is C17H38N2O. The van der Waals surface area contributed by atoms with Crippen molar-refractivity contribution in [2.24, 2.45) is 23.0 Å². The third kappa shape index (κ3) is 7.61. The lowest BCUT2D eigenvalue weighted by Crippen LogP contribution is -2.56. The summed E-state index contributed by atoms with van der Waals surface area (Å²) in [6, 6.07) is 0.0549. The van der Waals surface area contributed by atoms with E-state index in [2.05, 4.69) is 53.4 Å². The minimum Gasteiger partial charge on any atom is -0.395 e. The Morgan fingerprint density at radius 1 is 0.950 bits per heavy atom. The molecule has 0 saturated heterocycles. The average molecular weight is 287 g/mol. The van der Waals surface area contributed by atoms with Gasteiger partial charge in [0.15, 0.2) is 0 Å². The molecule has 0 aromatic heterocycles. The predicted octanol–water partition coefficient (Wildman–Crippen LogP) is 3.11. The summed E-state index contributed by atoms with van der Waals surface area (Å²) >= 11 is 0. The van der Waals surface area contributed by atoms with E-state index in [-0.39, 0.29) is 24.1 Å². The van der Waals surface area contributed by atoms with Crippen LogP contribution in [-0.2, 0) is 0 Å². The van der Waals surface area contributed by atoms with Gasteiger partial charge in [0, 0.05) is 12.1 Å². The lowest BCUT2D eigenvalue weighted by molar-refractivity contribution is 0.0641. The van der Waals surface area contributed by atoms with Crippen LogP contribution in [0.25, 0.3) is 0 Å². The molecule has 2 unspecified atom stereocenters. The summed E-state index contributed by atoms with van der Waals surface area (Å²) < 4.78 is 0. The summed E-state index contributed by atoms with van der Waals surface area (Å²) in [4.78, 5) is 2.41. The van der Waals surface area contributed by atoms with Gasteiger partial charge in [-0.25, -0.2) is 0 Å². The van der Waals surface area contributed by atoms with Crippen molar-refractivity contribution in [2.75, 3.05) is 19.7 Å². The third-order valence-electron chi connectivity index (χ3n) is 4.06. The molecule has 0 bridgehead atoms. The van der Waals surface area contributed by atoms with E-state index in [1.165, 1.54) is 0 Å². The fourth-order valence-corrected chi connectivity index (χ4v) is 2.32. The molecule has 0 aromatic rings. The van der Waals surface area contributed by atoms with Crippen molar-refractivity contribution < 1.29 is 5.11 Å². The summed E-state index contributed by atoms with van der Waals surface area (Å²) in [6.45, 7) is 17.7. The SMILES string of the molecule is CC(C)CCN(CCC(C)C)C(CO)C(N)C(C)(C)C. The van der Waals surface area contributed by atoms with Crippen LogP contribution in [0.5, 0.6) is 0 Å². The zero-order valence-corrected chi connectivity index (χ0v) is 14.8. The van der Waals surface area contributed by atoms with Crippen molar-refractivity contribution in [3.63, 3.8) is 0 Å². The van der Waals surface area contributed by atoms with Crippen LogP contribution < -0.4 is 5.73 Å². The minimum atomic E-state index is -0.00757. The van der Waals surface area contributed by atoms with Crippen molar-refractivity contribution in [1.82, 2.24) is 4.90 Å². The number of nitrogens with two attached hydrogens (primary N) is 1. The number of nitrogens with zero attached hydrogens (tertiary/aromatic N) is 1. The largest absolute Gasteiger partial charge is 0.395 e. The number of rotatable bonds is 9. The Bertz CT molecular complexity index is 234. The van der Waals surface area contributed by atoms with E-state index < -0.39 is 0 Å². The third-order valence-corrected chi connectivity index (χ3v) is 4.06. The van der Waals surface area contributed by atoms with Crippen molar-refractivity contribution in [3.8, 4) is 0 Å². The van der Waals surface area contributed by atoms with Gasteiger partial charge in [0.1, 0.15) is 0 Å². The van der Waals surface area contributed by atoms with Crippen LogP contribution in [0.2, 0.25) is 0 Å². The zero-order chi connectivity index (χ0) is 15.9. The molecule has 20 heavy (non-hydrogen) atoms. The van der Waals surface area contributed by atoms with Crippen LogP contribution in [-0.4, -0.2) is 41.8 Å². The molecule has 3 N–H and O–H groups in total. The molecule has 0 fully saturated rings. The van der Waals surface area contributed by atoms with Crippen molar-refractivity contribution >= 4 is 0 Å². The van der Waals surface area contributed by atoms with Crippen LogP contribution in [0, 0.1) is 17.3 Å². The molecule has 3 heteroatoms. The monoisotopic (exact) mass is 286 g/mol. The molecule has 3 nitrogen and oxygen atoms in total. The second-order valence-electron chi connectivity index (χ2n) is 8.04. The first-order valence-corrected chi connectivity index (χ1v) is 8.20. The van der Waals surface area contributed by atoms with Gasteiger partial charge in [-0.1, -0.05) is 48.5 Å². The fourth-order valence-electron chi connectivity index (χ4n) is 2.32. The smallest absolute Gasteiger partial charge is 0.0602 e. The average Bonchev–Trinajstić information content (AvgIpc) is 2.30. The molecule has 0 amide bonds. The quantitative estimate of drug-likeness (QED) is 0.685. The standard InChI is InChI=1S/C17H38N2O/c1-13(2)8-10-19(11-9-14(3)4)15(12-20)16(18)17(5,6)7/h13-16,20H,8-12,18H2,1-7H3. The Morgan fingerprint density at radius 2 is 1.35 bits per heavy atom. The van der Waals surface area contributed by atoms with E-state index in [1.54, 1.807) is 0 Å². The van der Waals surface area contributed by atoms with Crippen molar-refractivity contribution in [2.45, 2.75) is 73.4 Å². The highest BCUT2D eigenvalue weighted by atomic mass is 16.3. The summed E-state index contributed by atoms with van der Waals surface area (Å²) in [7, 11) is 0. The maximum absolute atomic E-state index is 9.84. The molecular weight excluding hydrogens is 248 g/mol.